The minimum absolute atomic E-state index is 0.0235. The molecule has 1 N–H and O–H groups in total. The van der Waals surface area contributed by atoms with Gasteiger partial charge >= 0.3 is 5.97 Å². The number of aromatic nitrogens is 1. The van der Waals surface area contributed by atoms with Gasteiger partial charge in [-0.1, -0.05) is 41.9 Å². The van der Waals surface area contributed by atoms with Crippen LogP contribution >= 0.6 is 11.6 Å². The number of nitrogens with zero attached hydrogens (tertiary/aromatic N) is 1. The molecule has 1 atom stereocenters. The number of benzene rings is 1. The SMILES string of the molecule is CCOC(=O)CC(NC(=O)c1ccc2cc(Cl)ccn2c1=O)c1ccccc1. The first kappa shape index (κ1) is 19.6. The predicted octanol–water partition coefficient (Wildman–Crippen LogP) is 3.38. The molecule has 0 radical (unpaired) electrons. The lowest BCUT2D eigenvalue weighted by Gasteiger charge is -2.18. The molecule has 0 bridgehead atoms. The van der Waals surface area contributed by atoms with Crippen LogP contribution in [0.2, 0.25) is 5.02 Å². The number of fused-ring (bicyclic) bond motifs is 1. The number of carbonyl (C=O) groups is 2. The Morgan fingerprint density at radius 2 is 1.89 bits per heavy atom. The van der Waals surface area contributed by atoms with Crippen molar-refractivity contribution in [2.45, 2.75) is 19.4 Å². The molecular weight excluding hydrogens is 380 g/mol. The number of esters is 1. The number of amides is 1. The second-order valence-corrected chi connectivity index (χ2v) is 6.57. The molecule has 2 heterocycles. The van der Waals surface area contributed by atoms with Crippen LogP contribution in [-0.2, 0) is 9.53 Å². The number of rotatable bonds is 6. The largest absolute Gasteiger partial charge is 0.466 e. The van der Waals surface area contributed by atoms with Gasteiger partial charge in [-0.3, -0.25) is 18.8 Å². The maximum atomic E-state index is 12.8. The molecule has 0 aliphatic carbocycles. The maximum Gasteiger partial charge on any atom is 0.308 e. The molecule has 0 aliphatic heterocycles. The van der Waals surface area contributed by atoms with Gasteiger partial charge in [-0.05, 0) is 36.8 Å². The highest BCUT2D eigenvalue weighted by molar-refractivity contribution is 6.30. The van der Waals surface area contributed by atoms with E-state index in [9.17, 15) is 14.4 Å². The van der Waals surface area contributed by atoms with E-state index >= 15 is 0 Å². The van der Waals surface area contributed by atoms with Crippen molar-refractivity contribution in [3.63, 3.8) is 0 Å². The Morgan fingerprint density at radius 1 is 1.14 bits per heavy atom. The monoisotopic (exact) mass is 398 g/mol. The molecule has 0 saturated carbocycles. The molecule has 0 saturated heterocycles. The van der Waals surface area contributed by atoms with Gasteiger partial charge in [-0.2, -0.15) is 0 Å². The first-order chi connectivity index (χ1) is 13.5. The average molecular weight is 399 g/mol. The Balaban J connectivity index is 1.90. The number of ether oxygens (including phenoxy) is 1. The molecule has 0 spiro atoms. The third-order valence-corrected chi connectivity index (χ3v) is 4.48. The van der Waals surface area contributed by atoms with Gasteiger partial charge in [0.1, 0.15) is 5.56 Å². The van der Waals surface area contributed by atoms with Crippen molar-refractivity contribution in [1.29, 1.82) is 0 Å². The van der Waals surface area contributed by atoms with Gasteiger partial charge in [-0.15, -0.1) is 0 Å². The zero-order valence-corrected chi connectivity index (χ0v) is 16.0. The quantitative estimate of drug-likeness (QED) is 0.646. The minimum Gasteiger partial charge on any atom is -0.466 e. The van der Waals surface area contributed by atoms with Crippen LogP contribution in [0.15, 0.2) is 65.6 Å². The second-order valence-electron chi connectivity index (χ2n) is 6.14. The number of pyridine rings is 2. The van der Waals surface area contributed by atoms with Crippen LogP contribution < -0.4 is 10.9 Å². The fraction of sp³-hybridized carbons (Fsp3) is 0.190. The Labute approximate surface area is 166 Å². The highest BCUT2D eigenvalue weighted by atomic mass is 35.5. The van der Waals surface area contributed by atoms with Crippen molar-refractivity contribution in [1.82, 2.24) is 9.72 Å². The molecule has 0 aliphatic rings. The van der Waals surface area contributed by atoms with E-state index in [0.717, 1.165) is 5.56 Å². The Kier molecular flexibility index (Phi) is 6.11. The summed E-state index contributed by atoms with van der Waals surface area (Å²) in [5, 5.41) is 3.27. The van der Waals surface area contributed by atoms with Gasteiger partial charge in [0.15, 0.2) is 0 Å². The van der Waals surface area contributed by atoms with Crippen LogP contribution in [0.4, 0.5) is 0 Å². The Morgan fingerprint density at radius 3 is 2.61 bits per heavy atom. The molecule has 3 rings (SSSR count). The fourth-order valence-electron chi connectivity index (χ4n) is 2.91. The van der Waals surface area contributed by atoms with E-state index in [1.807, 2.05) is 18.2 Å². The van der Waals surface area contributed by atoms with Crippen LogP contribution in [0.1, 0.15) is 35.3 Å². The molecule has 144 valence electrons. The lowest BCUT2D eigenvalue weighted by Crippen LogP contribution is -2.35. The molecule has 6 nitrogen and oxygen atoms in total. The number of hydrogen-bond acceptors (Lipinski definition) is 4. The van der Waals surface area contributed by atoms with E-state index in [2.05, 4.69) is 5.32 Å². The molecule has 7 heteroatoms. The van der Waals surface area contributed by atoms with Crippen LogP contribution in [0, 0.1) is 0 Å². The van der Waals surface area contributed by atoms with Crippen molar-refractivity contribution in [3.8, 4) is 0 Å². The number of nitrogens with one attached hydrogen (secondary N) is 1. The normalized spacial score (nSPS) is 11.8. The summed E-state index contributed by atoms with van der Waals surface area (Å²) in [7, 11) is 0. The van der Waals surface area contributed by atoms with Crippen LogP contribution in [0.5, 0.6) is 0 Å². The summed E-state index contributed by atoms with van der Waals surface area (Å²) in [5.41, 5.74) is 0.844. The van der Waals surface area contributed by atoms with Crippen molar-refractivity contribution in [2.75, 3.05) is 6.61 Å². The van der Waals surface area contributed by atoms with Crippen LogP contribution in [-0.4, -0.2) is 22.9 Å². The van der Waals surface area contributed by atoms with Gasteiger partial charge < -0.3 is 10.1 Å². The van der Waals surface area contributed by atoms with Crippen molar-refractivity contribution < 1.29 is 14.3 Å². The van der Waals surface area contributed by atoms with Gasteiger partial charge in [0, 0.05) is 11.2 Å². The molecule has 1 unspecified atom stereocenters. The standard InChI is InChI=1S/C21H19ClN2O4/c1-2-28-19(25)13-18(14-6-4-3-5-7-14)23-20(26)17-9-8-16-12-15(22)10-11-24(16)21(17)27/h3-12,18H,2,13H2,1H3,(H,23,26). The van der Waals surface area contributed by atoms with Crippen LogP contribution in [0.25, 0.3) is 5.52 Å². The summed E-state index contributed by atoms with van der Waals surface area (Å²) in [6.45, 7) is 1.97. The molecule has 3 aromatic rings. The summed E-state index contributed by atoms with van der Waals surface area (Å²) in [6.07, 6.45) is 1.48. The Bertz CT molecular complexity index is 1060. The Hall–Kier alpha value is -3.12. The number of halogens is 1. The molecule has 2 aromatic heterocycles. The summed E-state index contributed by atoms with van der Waals surface area (Å²) < 4.78 is 6.36. The highest BCUT2D eigenvalue weighted by Crippen LogP contribution is 2.18. The van der Waals surface area contributed by atoms with Gasteiger partial charge in [-0.25, -0.2) is 0 Å². The van der Waals surface area contributed by atoms with Crippen LogP contribution in [0.3, 0.4) is 0 Å². The number of carbonyl (C=O) groups excluding carboxylic acids is 2. The summed E-state index contributed by atoms with van der Waals surface area (Å²) in [6, 6.07) is 14.8. The molecule has 0 fully saturated rings. The average Bonchev–Trinajstić information content (AvgIpc) is 2.68. The highest BCUT2D eigenvalue weighted by Gasteiger charge is 2.21. The zero-order valence-electron chi connectivity index (χ0n) is 15.2. The summed E-state index contributed by atoms with van der Waals surface area (Å²) in [4.78, 5) is 37.5. The number of hydrogen-bond donors (Lipinski definition) is 1. The van der Waals surface area contributed by atoms with E-state index in [1.165, 1.54) is 16.7 Å². The maximum absolute atomic E-state index is 12.8. The third-order valence-electron chi connectivity index (χ3n) is 4.24. The minimum atomic E-state index is -0.613. The molecule has 1 amide bonds. The van der Waals surface area contributed by atoms with E-state index < -0.39 is 23.5 Å². The first-order valence-corrected chi connectivity index (χ1v) is 9.19. The van der Waals surface area contributed by atoms with Crippen molar-refractivity contribution in [2.24, 2.45) is 0 Å². The van der Waals surface area contributed by atoms with E-state index in [0.29, 0.717) is 10.5 Å². The van der Waals surface area contributed by atoms with Crippen molar-refractivity contribution >= 4 is 29.0 Å². The summed E-state index contributed by atoms with van der Waals surface area (Å²) >= 11 is 5.95. The lowest BCUT2D eigenvalue weighted by atomic mass is 10.0. The van der Waals surface area contributed by atoms with Gasteiger partial charge in [0.25, 0.3) is 11.5 Å². The first-order valence-electron chi connectivity index (χ1n) is 8.82. The molecule has 1 aromatic carbocycles. The van der Waals surface area contributed by atoms with E-state index in [1.54, 1.807) is 37.3 Å². The topological polar surface area (TPSA) is 76.9 Å². The van der Waals surface area contributed by atoms with Gasteiger partial charge in [0.2, 0.25) is 0 Å². The van der Waals surface area contributed by atoms with Crippen molar-refractivity contribution in [3.05, 3.63) is 87.3 Å². The summed E-state index contributed by atoms with van der Waals surface area (Å²) in [5.74, 6) is -0.992. The molecule has 28 heavy (non-hydrogen) atoms. The molecular formula is C21H19ClN2O4. The van der Waals surface area contributed by atoms with E-state index in [4.69, 9.17) is 16.3 Å². The third kappa shape index (κ3) is 4.40. The van der Waals surface area contributed by atoms with E-state index in [-0.39, 0.29) is 18.6 Å². The fourth-order valence-corrected chi connectivity index (χ4v) is 3.07. The predicted molar refractivity (Wildman–Crippen MR) is 107 cm³/mol. The second kappa shape index (κ2) is 8.71. The lowest BCUT2D eigenvalue weighted by molar-refractivity contribution is -0.143. The smallest absolute Gasteiger partial charge is 0.308 e. The zero-order chi connectivity index (χ0) is 20.1. The van der Waals surface area contributed by atoms with Gasteiger partial charge in [0.05, 0.1) is 24.6 Å².